The molecule has 0 saturated carbocycles. The van der Waals surface area contributed by atoms with Crippen molar-refractivity contribution in [3.63, 3.8) is 0 Å². The third-order valence-corrected chi connectivity index (χ3v) is 6.06. The molecule has 0 bridgehead atoms. The highest BCUT2D eigenvalue weighted by atomic mass is 16.5. The standard InChI is InChI=1S/C20H29N3O3/c24-19(16-3-9-21-10-4-16)22-14-18-2-1-7-20(26-18)8-11-23(15-20)17-5-12-25-13-6-17/h3-4,9-10,17-18H,1-2,5-8,11-15H2,(H,22,24)/t18-,20+/m0/s1. The van der Waals surface area contributed by atoms with E-state index in [-0.39, 0.29) is 17.6 Å². The first-order valence-corrected chi connectivity index (χ1v) is 9.92. The second-order valence-electron chi connectivity index (χ2n) is 7.83. The number of aromatic nitrogens is 1. The van der Waals surface area contributed by atoms with Crippen LogP contribution >= 0.6 is 0 Å². The van der Waals surface area contributed by atoms with Crippen LogP contribution in [0, 0.1) is 0 Å². The zero-order valence-electron chi connectivity index (χ0n) is 15.4. The van der Waals surface area contributed by atoms with E-state index in [0.29, 0.717) is 18.2 Å². The maximum absolute atomic E-state index is 12.2. The largest absolute Gasteiger partial charge is 0.381 e. The highest BCUT2D eigenvalue weighted by molar-refractivity contribution is 5.93. The minimum absolute atomic E-state index is 0.0113. The van der Waals surface area contributed by atoms with E-state index in [4.69, 9.17) is 9.47 Å². The summed E-state index contributed by atoms with van der Waals surface area (Å²) in [6.45, 7) is 4.52. The number of likely N-dealkylation sites (tertiary alicyclic amines) is 1. The van der Waals surface area contributed by atoms with Gasteiger partial charge in [0.15, 0.2) is 0 Å². The average Bonchev–Trinajstić information content (AvgIpc) is 3.10. The minimum atomic E-state index is -0.0501. The Balaban J connectivity index is 1.29. The molecule has 0 radical (unpaired) electrons. The number of amides is 1. The summed E-state index contributed by atoms with van der Waals surface area (Å²) in [4.78, 5) is 18.8. The predicted octanol–water partition coefficient (Wildman–Crippen LogP) is 2.00. The zero-order valence-corrected chi connectivity index (χ0v) is 15.4. The Morgan fingerprint density at radius 3 is 2.85 bits per heavy atom. The van der Waals surface area contributed by atoms with Crippen molar-refractivity contribution >= 4 is 5.91 Å². The number of nitrogens with one attached hydrogen (secondary N) is 1. The second kappa shape index (κ2) is 8.03. The number of hydrogen-bond donors (Lipinski definition) is 1. The van der Waals surface area contributed by atoms with E-state index in [0.717, 1.165) is 58.4 Å². The molecule has 1 aromatic heterocycles. The van der Waals surface area contributed by atoms with Gasteiger partial charge in [-0.2, -0.15) is 0 Å². The van der Waals surface area contributed by atoms with E-state index in [1.807, 2.05) is 0 Å². The quantitative estimate of drug-likeness (QED) is 0.891. The van der Waals surface area contributed by atoms with Crippen LogP contribution in [0.25, 0.3) is 0 Å². The van der Waals surface area contributed by atoms with E-state index in [9.17, 15) is 4.79 Å². The van der Waals surface area contributed by atoms with Crippen molar-refractivity contribution in [3.05, 3.63) is 30.1 Å². The van der Waals surface area contributed by atoms with Gasteiger partial charge in [0.25, 0.3) is 5.91 Å². The molecule has 3 saturated heterocycles. The van der Waals surface area contributed by atoms with Gasteiger partial charge in [0.2, 0.25) is 0 Å². The monoisotopic (exact) mass is 359 g/mol. The van der Waals surface area contributed by atoms with Crippen LogP contribution in [0.3, 0.4) is 0 Å². The Labute approximate surface area is 155 Å². The van der Waals surface area contributed by atoms with Gasteiger partial charge in [-0.15, -0.1) is 0 Å². The molecule has 3 aliphatic rings. The number of nitrogens with zero attached hydrogens (tertiary/aromatic N) is 2. The van der Waals surface area contributed by atoms with Crippen LogP contribution in [0.2, 0.25) is 0 Å². The van der Waals surface area contributed by atoms with Gasteiger partial charge in [0, 0.05) is 56.8 Å². The number of rotatable bonds is 4. The molecule has 1 spiro atoms. The van der Waals surface area contributed by atoms with Crippen molar-refractivity contribution in [1.29, 1.82) is 0 Å². The summed E-state index contributed by atoms with van der Waals surface area (Å²) >= 11 is 0. The normalized spacial score (nSPS) is 30.5. The molecular weight excluding hydrogens is 330 g/mol. The van der Waals surface area contributed by atoms with Crippen LogP contribution < -0.4 is 5.32 Å². The van der Waals surface area contributed by atoms with E-state index >= 15 is 0 Å². The molecule has 1 N–H and O–H groups in total. The first-order valence-electron chi connectivity index (χ1n) is 9.92. The zero-order chi connectivity index (χ0) is 17.8. The highest BCUT2D eigenvalue weighted by Gasteiger charge is 2.44. The van der Waals surface area contributed by atoms with Gasteiger partial charge in [0.1, 0.15) is 0 Å². The highest BCUT2D eigenvalue weighted by Crippen LogP contribution is 2.38. The van der Waals surface area contributed by atoms with Gasteiger partial charge in [-0.05, 0) is 50.7 Å². The van der Waals surface area contributed by atoms with Crippen molar-refractivity contribution in [3.8, 4) is 0 Å². The van der Waals surface area contributed by atoms with Crippen LogP contribution in [-0.4, -0.2) is 66.4 Å². The first kappa shape index (κ1) is 17.9. The summed E-state index contributed by atoms with van der Waals surface area (Å²) in [5, 5.41) is 3.03. The third-order valence-electron chi connectivity index (χ3n) is 6.06. The molecule has 1 amide bonds. The van der Waals surface area contributed by atoms with Gasteiger partial charge in [-0.3, -0.25) is 14.7 Å². The average molecular weight is 359 g/mol. The lowest BCUT2D eigenvalue weighted by molar-refractivity contribution is -0.121. The number of carbonyl (C=O) groups is 1. The molecule has 0 unspecified atom stereocenters. The lowest BCUT2D eigenvalue weighted by Gasteiger charge is -2.40. The number of pyridine rings is 1. The van der Waals surface area contributed by atoms with Gasteiger partial charge in [-0.1, -0.05) is 0 Å². The van der Waals surface area contributed by atoms with Gasteiger partial charge < -0.3 is 14.8 Å². The van der Waals surface area contributed by atoms with Crippen LogP contribution in [0.15, 0.2) is 24.5 Å². The Hall–Kier alpha value is -1.50. The molecule has 4 heterocycles. The van der Waals surface area contributed by atoms with Gasteiger partial charge in [0.05, 0.1) is 11.7 Å². The second-order valence-corrected chi connectivity index (χ2v) is 7.83. The Kier molecular flexibility index (Phi) is 5.52. The molecule has 0 aliphatic carbocycles. The summed E-state index contributed by atoms with van der Waals surface area (Å²) in [5.41, 5.74) is 0.639. The molecule has 3 fully saturated rings. The van der Waals surface area contributed by atoms with Gasteiger partial charge >= 0.3 is 0 Å². The minimum Gasteiger partial charge on any atom is -0.381 e. The summed E-state index contributed by atoms with van der Waals surface area (Å²) in [7, 11) is 0. The predicted molar refractivity (Wildman–Crippen MR) is 98.1 cm³/mol. The molecule has 142 valence electrons. The van der Waals surface area contributed by atoms with E-state index in [1.165, 1.54) is 6.42 Å². The van der Waals surface area contributed by atoms with E-state index in [2.05, 4.69) is 15.2 Å². The van der Waals surface area contributed by atoms with Crippen LogP contribution in [0.4, 0.5) is 0 Å². The molecule has 6 heteroatoms. The fraction of sp³-hybridized carbons (Fsp3) is 0.700. The number of hydrogen-bond acceptors (Lipinski definition) is 5. The van der Waals surface area contributed by atoms with Crippen molar-refractivity contribution < 1.29 is 14.3 Å². The molecular formula is C20H29N3O3. The number of ether oxygens (including phenoxy) is 2. The summed E-state index contributed by atoms with van der Waals surface area (Å²) in [5.74, 6) is -0.0501. The van der Waals surface area contributed by atoms with Gasteiger partial charge in [-0.25, -0.2) is 0 Å². The summed E-state index contributed by atoms with van der Waals surface area (Å²) in [6, 6.07) is 4.13. The van der Waals surface area contributed by atoms with Crippen molar-refractivity contribution in [1.82, 2.24) is 15.2 Å². The molecule has 3 aliphatic heterocycles. The maximum atomic E-state index is 12.2. The maximum Gasteiger partial charge on any atom is 0.251 e. The molecule has 4 rings (SSSR count). The van der Waals surface area contributed by atoms with E-state index in [1.54, 1.807) is 24.5 Å². The summed E-state index contributed by atoms with van der Waals surface area (Å²) < 4.78 is 12.0. The fourth-order valence-electron chi connectivity index (χ4n) is 4.62. The lowest BCUT2D eigenvalue weighted by atomic mass is 9.90. The SMILES string of the molecule is O=C(NC[C@@H]1CCC[C@]2(CCN(C3CCOCC3)C2)O1)c1ccncc1. The number of carbonyl (C=O) groups excluding carboxylic acids is 1. The molecule has 0 aromatic carbocycles. The Morgan fingerprint density at radius 2 is 2.04 bits per heavy atom. The topological polar surface area (TPSA) is 63.7 Å². The summed E-state index contributed by atoms with van der Waals surface area (Å²) in [6.07, 6.45) is 10.1. The Bertz CT molecular complexity index is 606. The Morgan fingerprint density at radius 1 is 1.23 bits per heavy atom. The molecule has 26 heavy (non-hydrogen) atoms. The van der Waals surface area contributed by atoms with Crippen molar-refractivity contribution in [2.75, 3.05) is 32.8 Å². The van der Waals surface area contributed by atoms with E-state index < -0.39 is 0 Å². The van der Waals surface area contributed by atoms with Crippen LogP contribution in [0.1, 0.15) is 48.9 Å². The third kappa shape index (κ3) is 4.08. The first-order chi connectivity index (χ1) is 12.7. The van der Waals surface area contributed by atoms with Crippen LogP contribution in [0.5, 0.6) is 0 Å². The lowest BCUT2D eigenvalue weighted by Crippen LogP contribution is -2.48. The van der Waals surface area contributed by atoms with Crippen molar-refractivity contribution in [2.24, 2.45) is 0 Å². The van der Waals surface area contributed by atoms with Crippen LogP contribution in [-0.2, 0) is 9.47 Å². The fourth-order valence-corrected chi connectivity index (χ4v) is 4.62. The molecule has 6 nitrogen and oxygen atoms in total. The molecule has 1 aromatic rings. The van der Waals surface area contributed by atoms with Crippen molar-refractivity contribution in [2.45, 2.75) is 56.3 Å². The smallest absolute Gasteiger partial charge is 0.251 e. The molecule has 2 atom stereocenters.